The summed E-state index contributed by atoms with van der Waals surface area (Å²) in [5, 5.41) is 16.7. The van der Waals surface area contributed by atoms with E-state index in [9.17, 15) is 4.79 Å². The van der Waals surface area contributed by atoms with E-state index in [0.717, 1.165) is 0 Å². The van der Waals surface area contributed by atoms with Gasteiger partial charge in [-0.3, -0.25) is 4.79 Å². The third kappa shape index (κ3) is 6.45. The lowest BCUT2D eigenvalue weighted by Gasteiger charge is -2.07. The number of aliphatic carboxylic acids is 1. The number of carbonyl (C=O) groups is 1. The van der Waals surface area contributed by atoms with E-state index in [0.29, 0.717) is 0 Å². The van der Waals surface area contributed by atoms with Crippen molar-refractivity contribution in [3.8, 4) is 5.88 Å². The van der Waals surface area contributed by atoms with E-state index in [4.69, 9.17) is 15.9 Å². The summed E-state index contributed by atoms with van der Waals surface area (Å²) in [5.41, 5.74) is 5.16. The summed E-state index contributed by atoms with van der Waals surface area (Å²) in [6, 6.07) is 4.29. The molecule has 0 saturated carbocycles. The lowest BCUT2D eigenvalue weighted by atomic mass is 10.1. The summed E-state index contributed by atoms with van der Waals surface area (Å²) in [7, 11) is 0. The van der Waals surface area contributed by atoms with E-state index in [1.165, 1.54) is 12.3 Å². The highest BCUT2D eigenvalue weighted by molar-refractivity contribution is 5.73. The second kappa shape index (κ2) is 6.78. The monoisotopic (exact) mass is 212 g/mol. The Morgan fingerprint density at radius 2 is 2.07 bits per heavy atom. The SMILES string of the molecule is CC(C)[C@H](N)C(=O)O.Oc1ccccn1. The molecule has 0 amide bonds. The van der Waals surface area contributed by atoms with Crippen molar-refractivity contribution in [3.63, 3.8) is 0 Å². The van der Waals surface area contributed by atoms with Crippen molar-refractivity contribution < 1.29 is 15.0 Å². The number of nitrogens with two attached hydrogens (primary N) is 1. The first-order valence-corrected chi connectivity index (χ1v) is 4.53. The first kappa shape index (κ1) is 13.4. The van der Waals surface area contributed by atoms with Gasteiger partial charge in [-0.25, -0.2) is 4.98 Å². The molecular weight excluding hydrogens is 196 g/mol. The Morgan fingerprint density at radius 1 is 1.47 bits per heavy atom. The van der Waals surface area contributed by atoms with Gasteiger partial charge in [-0.05, 0) is 12.0 Å². The molecule has 1 aromatic heterocycles. The maximum Gasteiger partial charge on any atom is 0.320 e. The smallest absolute Gasteiger partial charge is 0.320 e. The molecule has 84 valence electrons. The van der Waals surface area contributed by atoms with Crippen LogP contribution < -0.4 is 5.73 Å². The molecule has 1 aromatic rings. The molecule has 4 N–H and O–H groups in total. The quantitative estimate of drug-likeness (QED) is 0.675. The first-order chi connectivity index (χ1) is 6.95. The molecule has 5 nitrogen and oxygen atoms in total. The van der Waals surface area contributed by atoms with Crippen LogP contribution >= 0.6 is 0 Å². The molecule has 1 rings (SSSR count). The van der Waals surface area contributed by atoms with Crippen molar-refractivity contribution in [2.45, 2.75) is 19.9 Å². The Labute approximate surface area is 88.6 Å². The topological polar surface area (TPSA) is 96.4 Å². The Bertz CT molecular complexity index is 288. The summed E-state index contributed by atoms with van der Waals surface area (Å²) in [5.74, 6) is -0.838. The Hall–Kier alpha value is -1.62. The van der Waals surface area contributed by atoms with Crippen LogP contribution in [0.15, 0.2) is 24.4 Å². The van der Waals surface area contributed by atoms with Crippen LogP contribution in [0.2, 0.25) is 0 Å². The van der Waals surface area contributed by atoms with Gasteiger partial charge in [-0.15, -0.1) is 0 Å². The highest BCUT2D eigenvalue weighted by Crippen LogP contribution is 1.97. The van der Waals surface area contributed by atoms with Crippen molar-refractivity contribution in [2.75, 3.05) is 0 Å². The van der Waals surface area contributed by atoms with Crippen LogP contribution in [0.1, 0.15) is 13.8 Å². The summed E-state index contributed by atoms with van der Waals surface area (Å²) < 4.78 is 0. The molecule has 0 saturated heterocycles. The zero-order valence-electron chi connectivity index (χ0n) is 8.79. The predicted molar refractivity (Wildman–Crippen MR) is 56.4 cm³/mol. The van der Waals surface area contributed by atoms with Crippen LogP contribution in [0, 0.1) is 5.92 Å². The highest BCUT2D eigenvalue weighted by Gasteiger charge is 2.14. The third-order valence-electron chi connectivity index (χ3n) is 1.65. The molecule has 0 bridgehead atoms. The standard InChI is InChI=1S/C5H11NO2.C5H5NO/c1-3(2)4(6)5(7)8;7-5-3-1-2-4-6-5/h3-4H,6H2,1-2H3,(H,7,8);1-4H,(H,6,7)/t4-;/m0./s1. The van der Waals surface area contributed by atoms with E-state index in [1.54, 1.807) is 26.0 Å². The maximum atomic E-state index is 10.0. The number of nitrogens with zero attached hydrogens (tertiary/aromatic N) is 1. The molecular formula is C10H16N2O3. The van der Waals surface area contributed by atoms with Crippen molar-refractivity contribution in [1.82, 2.24) is 4.98 Å². The first-order valence-electron chi connectivity index (χ1n) is 4.53. The van der Waals surface area contributed by atoms with Gasteiger partial charge in [0.05, 0.1) is 0 Å². The van der Waals surface area contributed by atoms with Crippen LogP contribution in [-0.2, 0) is 4.79 Å². The van der Waals surface area contributed by atoms with Crippen LogP contribution in [0.5, 0.6) is 5.88 Å². The predicted octanol–water partition coefficient (Wildman–Crippen LogP) is 0.841. The number of aromatic nitrogens is 1. The zero-order chi connectivity index (χ0) is 11.8. The van der Waals surface area contributed by atoms with Gasteiger partial charge in [-0.1, -0.05) is 19.9 Å². The second-order valence-corrected chi connectivity index (χ2v) is 3.30. The fourth-order valence-corrected chi connectivity index (χ4v) is 0.639. The lowest BCUT2D eigenvalue weighted by molar-refractivity contribution is -0.139. The number of aromatic hydroxyl groups is 1. The van der Waals surface area contributed by atoms with Gasteiger partial charge in [0.2, 0.25) is 5.88 Å². The molecule has 0 unspecified atom stereocenters. The largest absolute Gasteiger partial charge is 0.493 e. The van der Waals surface area contributed by atoms with Crippen molar-refractivity contribution in [1.29, 1.82) is 0 Å². The highest BCUT2D eigenvalue weighted by atomic mass is 16.4. The van der Waals surface area contributed by atoms with E-state index in [2.05, 4.69) is 4.98 Å². The Balaban J connectivity index is 0.000000262. The van der Waals surface area contributed by atoms with Crippen LogP contribution in [0.4, 0.5) is 0 Å². The van der Waals surface area contributed by atoms with E-state index in [1.807, 2.05) is 0 Å². The fourth-order valence-electron chi connectivity index (χ4n) is 0.639. The average molecular weight is 212 g/mol. The molecule has 0 aliphatic heterocycles. The van der Waals surface area contributed by atoms with Gasteiger partial charge in [0, 0.05) is 12.3 Å². The maximum absolute atomic E-state index is 10.0. The minimum atomic E-state index is -0.931. The molecule has 0 radical (unpaired) electrons. The van der Waals surface area contributed by atoms with E-state index >= 15 is 0 Å². The molecule has 1 heterocycles. The van der Waals surface area contributed by atoms with Crippen molar-refractivity contribution >= 4 is 5.97 Å². The Kier molecular flexibility index (Phi) is 6.05. The number of rotatable bonds is 2. The average Bonchev–Trinajstić information content (AvgIpc) is 2.18. The number of carboxylic acid groups (broad SMARTS) is 1. The summed E-state index contributed by atoms with van der Waals surface area (Å²) in [6.45, 7) is 3.55. The van der Waals surface area contributed by atoms with Crippen molar-refractivity contribution in [3.05, 3.63) is 24.4 Å². The lowest BCUT2D eigenvalue weighted by Crippen LogP contribution is -2.34. The van der Waals surface area contributed by atoms with Gasteiger partial charge in [0.25, 0.3) is 0 Å². The normalized spacial score (nSPS) is 11.5. The number of carboxylic acids is 1. The van der Waals surface area contributed by atoms with Gasteiger partial charge >= 0.3 is 5.97 Å². The third-order valence-corrected chi connectivity index (χ3v) is 1.65. The second-order valence-electron chi connectivity index (χ2n) is 3.30. The zero-order valence-corrected chi connectivity index (χ0v) is 8.79. The molecule has 1 atom stereocenters. The van der Waals surface area contributed by atoms with Gasteiger partial charge < -0.3 is 15.9 Å². The minimum absolute atomic E-state index is 0.0208. The molecule has 0 aliphatic carbocycles. The van der Waals surface area contributed by atoms with Gasteiger partial charge in [0.15, 0.2) is 0 Å². The van der Waals surface area contributed by atoms with Crippen LogP contribution in [0.25, 0.3) is 0 Å². The Morgan fingerprint density at radius 3 is 2.20 bits per heavy atom. The summed E-state index contributed by atoms with van der Waals surface area (Å²) in [4.78, 5) is 13.6. The van der Waals surface area contributed by atoms with E-state index < -0.39 is 12.0 Å². The van der Waals surface area contributed by atoms with Crippen LogP contribution in [-0.4, -0.2) is 27.2 Å². The number of hydrogen-bond donors (Lipinski definition) is 3. The molecule has 15 heavy (non-hydrogen) atoms. The molecule has 5 heteroatoms. The van der Waals surface area contributed by atoms with Gasteiger partial charge in [0.1, 0.15) is 6.04 Å². The molecule has 0 aliphatic rings. The molecule has 0 spiro atoms. The fraction of sp³-hybridized carbons (Fsp3) is 0.400. The molecule has 0 fully saturated rings. The molecule has 0 aromatic carbocycles. The van der Waals surface area contributed by atoms with Crippen LogP contribution in [0.3, 0.4) is 0 Å². The number of hydrogen-bond acceptors (Lipinski definition) is 4. The number of pyridine rings is 1. The van der Waals surface area contributed by atoms with Gasteiger partial charge in [-0.2, -0.15) is 0 Å². The van der Waals surface area contributed by atoms with E-state index in [-0.39, 0.29) is 11.8 Å². The summed E-state index contributed by atoms with van der Waals surface area (Å²) in [6.07, 6.45) is 1.54. The minimum Gasteiger partial charge on any atom is -0.493 e. The van der Waals surface area contributed by atoms with Crippen molar-refractivity contribution in [2.24, 2.45) is 11.7 Å². The summed E-state index contributed by atoms with van der Waals surface area (Å²) >= 11 is 0.